The standard InChI is InChI=1S/C19H15FN2O4S/c20-13-7-5-12(6-8-13)11-16-18(25)22(19(26)27-16)10-9-17(24)21-14-3-1-2-4-15(14)23/h1-8,11,23H,9-10H2,(H,21,24). The number of hydrogen-bond donors (Lipinski definition) is 2. The number of anilines is 1. The quantitative estimate of drug-likeness (QED) is 0.606. The van der Waals surface area contributed by atoms with Gasteiger partial charge in [0, 0.05) is 13.0 Å². The first-order valence-electron chi connectivity index (χ1n) is 8.03. The van der Waals surface area contributed by atoms with E-state index in [9.17, 15) is 23.9 Å². The van der Waals surface area contributed by atoms with Crippen LogP contribution in [0.5, 0.6) is 5.75 Å². The van der Waals surface area contributed by atoms with Crippen LogP contribution in [-0.2, 0) is 9.59 Å². The number of nitrogens with zero attached hydrogens (tertiary/aromatic N) is 1. The zero-order valence-corrected chi connectivity index (χ0v) is 14.8. The molecule has 1 saturated heterocycles. The molecule has 0 radical (unpaired) electrons. The van der Waals surface area contributed by atoms with E-state index >= 15 is 0 Å². The van der Waals surface area contributed by atoms with Gasteiger partial charge >= 0.3 is 0 Å². The van der Waals surface area contributed by atoms with Crippen molar-refractivity contribution in [3.8, 4) is 5.75 Å². The number of nitrogens with one attached hydrogen (secondary N) is 1. The van der Waals surface area contributed by atoms with Crippen molar-refractivity contribution < 1.29 is 23.9 Å². The van der Waals surface area contributed by atoms with Gasteiger partial charge in [-0.1, -0.05) is 24.3 Å². The van der Waals surface area contributed by atoms with E-state index in [-0.39, 0.29) is 29.3 Å². The summed E-state index contributed by atoms with van der Waals surface area (Å²) < 4.78 is 12.9. The van der Waals surface area contributed by atoms with Gasteiger partial charge in [0.1, 0.15) is 11.6 Å². The smallest absolute Gasteiger partial charge is 0.293 e. The molecule has 1 heterocycles. The number of aromatic hydroxyl groups is 1. The summed E-state index contributed by atoms with van der Waals surface area (Å²) in [5, 5.41) is 11.7. The van der Waals surface area contributed by atoms with Crippen LogP contribution in [-0.4, -0.2) is 33.6 Å². The van der Waals surface area contributed by atoms with Gasteiger partial charge in [0.05, 0.1) is 10.6 Å². The lowest BCUT2D eigenvalue weighted by atomic mass is 10.2. The number of para-hydroxylation sites is 2. The van der Waals surface area contributed by atoms with E-state index in [1.807, 2.05) is 0 Å². The minimum absolute atomic E-state index is 0.0701. The first-order chi connectivity index (χ1) is 12.9. The van der Waals surface area contributed by atoms with Gasteiger partial charge in [-0.15, -0.1) is 0 Å². The minimum Gasteiger partial charge on any atom is -0.506 e. The van der Waals surface area contributed by atoms with E-state index < -0.39 is 22.9 Å². The third-order valence-electron chi connectivity index (χ3n) is 3.78. The highest BCUT2D eigenvalue weighted by atomic mass is 32.2. The normalized spacial score (nSPS) is 15.4. The Morgan fingerprint density at radius 2 is 1.85 bits per heavy atom. The Bertz CT molecular complexity index is 928. The number of carbonyl (C=O) groups excluding carboxylic acids is 3. The molecule has 1 fully saturated rings. The van der Waals surface area contributed by atoms with Gasteiger partial charge in [0.2, 0.25) is 5.91 Å². The number of thioether (sulfide) groups is 1. The Morgan fingerprint density at radius 3 is 2.56 bits per heavy atom. The summed E-state index contributed by atoms with van der Waals surface area (Å²) >= 11 is 0.772. The van der Waals surface area contributed by atoms with Crippen molar-refractivity contribution in [3.63, 3.8) is 0 Å². The highest BCUT2D eigenvalue weighted by molar-refractivity contribution is 8.18. The maximum absolute atomic E-state index is 12.9. The van der Waals surface area contributed by atoms with Crippen molar-refractivity contribution in [3.05, 3.63) is 64.8 Å². The monoisotopic (exact) mass is 386 g/mol. The van der Waals surface area contributed by atoms with Crippen LogP contribution in [0.2, 0.25) is 0 Å². The number of hydrogen-bond acceptors (Lipinski definition) is 5. The highest BCUT2D eigenvalue weighted by Crippen LogP contribution is 2.32. The molecule has 0 spiro atoms. The molecule has 2 N–H and O–H groups in total. The number of rotatable bonds is 5. The van der Waals surface area contributed by atoms with Gasteiger partial charge < -0.3 is 10.4 Å². The molecule has 0 aromatic heterocycles. The molecule has 3 amide bonds. The number of amides is 3. The van der Waals surface area contributed by atoms with Crippen LogP contribution < -0.4 is 5.32 Å². The number of carbonyl (C=O) groups is 3. The van der Waals surface area contributed by atoms with Gasteiger partial charge in [-0.3, -0.25) is 19.3 Å². The Balaban J connectivity index is 1.61. The predicted octanol–water partition coefficient (Wildman–Crippen LogP) is 3.60. The maximum atomic E-state index is 12.9. The zero-order chi connectivity index (χ0) is 19.4. The van der Waals surface area contributed by atoms with E-state index in [1.54, 1.807) is 18.2 Å². The van der Waals surface area contributed by atoms with E-state index in [1.165, 1.54) is 36.4 Å². The molecular formula is C19H15FN2O4S. The van der Waals surface area contributed by atoms with Gasteiger partial charge in [0.15, 0.2) is 0 Å². The van der Waals surface area contributed by atoms with Crippen LogP contribution in [0.4, 0.5) is 14.9 Å². The molecule has 0 atom stereocenters. The topological polar surface area (TPSA) is 86.7 Å². The molecule has 0 aliphatic carbocycles. The van der Waals surface area contributed by atoms with Crippen molar-refractivity contribution in [1.29, 1.82) is 0 Å². The summed E-state index contributed by atoms with van der Waals surface area (Å²) in [5.74, 6) is -1.39. The fourth-order valence-corrected chi connectivity index (χ4v) is 3.27. The fraction of sp³-hybridized carbons (Fsp3) is 0.105. The first-order valence-corrected chi connectivity index (χ1v) is 8.84. The molecule has 2 aromatic rings. The van der Waals surface area contributed by atoms with Crippen LogP contribution in [0, 0.1) is 5.82 Å². The Labute approximate surface area is 158 Å². The van der Waals surface area contributed by atoms with Gasteiger partial charge in [-0.25, -0.2) is 4.39 Å². The second kappa shape index (κ2) is 8.05. The van der Waals surface area contributed by atoms with Crippen molar-refractivity contribution >= 4 is 40.6 Å². The van der Waals surface area contributed by atoms with E-state index in [0.29, 0.717) is 5.56 Å². The van der Waals surface area contributed by atoms with Gasteiger partial charge in [-0.05, 0) is 47.7 Å². The second-order valence-corrected chi connectivity index (χ2v) is 6.69. The van der Waals surface area contributed by atoms with Crippen molar-refractivity contribution in [1.82, 2.24) is 4.90 Å². The average Bonchev–Trinajstić information content (AvgIpc) is 2.90. The maximum Gasteiger partial charge on any atom is 0.293 e. The molecule has 0 saturated carbocycles. The number of halogens is 1. The number of imide groups is 1. The third-order valence-corrected chi connectivity index (χ3v) is 4.69. The average molecular weight is 386 g/mol. The Morgan fingerprint density at radius 1 is 1.15 bits per heavy atom. The van der Waals surface area contributed by atoms with Crippen LogP contribution in [0.1, 0.15) is 12.0 Å². The molecule has 1 aliphatic heterocycles. The SMILES string of the molecule is O=C(CCN1C(=O)SC(=Cc2ccc(F)cc2)C1=O)Nc1ccccc1O. The van der Waals surface area contributed by atoms with Crippen LogP contribution >= 0.6 is 11.8 Å². The largest absolute Gasteiger partial charge is 0.506 e. The van der Waals surface area contributed by atoms with E-state index in [2.05, 4.69) is 5.32 Å². The van der Waals surface area contributed by atoms with Crippen LogP contribution in [0.15, 0.2) is 53.4 Å². The van der Waals surface area contributed by atoms with Crippen LogP contribution in [0.3, 0.4) is 0 Å². The molecule has 0 unspecified atom stereocenters. The summed E-state index contributed by atoms with van der Waals surface area (Å²) in [6.45, 7) is -0.0785. The lowest BCUT2D eigenvalue weighted by Crippen LogP contribution is -2.31. The second-order valence-electron chi connectivity index (χ2n) is 5.70. The number of phenols is 1. The lowest BCUT2D eigenvalue weighted by molar-refractivity contribution is -0.123. The summed E-state index contributed by atoms with van der Waals surface area (Å²) in [6.07, 6.45) is 1.41. The Kier molecular flexibility index (Phi) is 5.56. The molecular weight excluding hydrogens is 371 g/mol. The number of phenolic OH excluding ortho intramolecular Hbond substituents is 1. The predicted molar refractivity (Wildman–Crippen MR) is 100 cm³/mol. The zero-order valence-electron chi connectivity index (χ0n) is 14.0. The van der Waals surface area contributed by atoms with Crippen molar-refractivity contribution in [2.24, 2.45) is 0 Å². The summed E-state index contributed by atoms with van der Waals surface area (Å²) in [4.78, 5) is 37.7. The van der Waals surface area contributed by atoms with Crippen molar-refractivity contribution in [2.75, 3.05) is 11.9 Å². The highest BCUT2D eigenvalue weighted by Gasteiger charge is 2.35. The molecule has 3 rings (SSSR count). The lowest BCUT2D eigenvalue weighted by Gasteiger charge is -2.12. The minimum atomic E-state index is -0.496. The third kappa shape index (κ3) is 4.53. The molecule has 138 valence electrons. The van der Waals surface area contributed by atoms with E-state index in [0.717, 1.165) is 16.7 Å². The Hall–Kier alpha value is -3.13. The summed E-state index contributed by atoms with van der Waals surface area (Å²) in [5.41, 5.74) is 0.854. The summed E-state index contributed by atoms with van der Waals surface area (Å²) in [6, 6.07) is 11.8. The summed E-state index contributed by atoms with van der Waals surface area (Å²) in [7, 11) is 0. The molecule has 0 bridgehead atoms. The molecule has 27 heavy (non-hydrogen) atoms. The van der Waals surface area contributed by atoms with Crippen molar-refractivity contribution in [2.45, 2.75) is 6.42 Å². The van der Waals surface area contributed by atoms with Crippen LogP contribution in [0.25, 0.3) is 6.08 Å². The molecule has 1 aliphatic rings. The van der Waals surface area contributed by atoms with E-state index in [4.69, 9.17) is 0 Å². The number of benzene rings is 2. The molecule has 6 nitrogen and oxygen atoms in total. The van der Waals surface area contributed by atoms with Gasteiger partial charge in [0.25, 0.3) is 11.1 Å². The first kappa shape index (κ1) is 18.7. The molecule has 2 aromatic carbocycles. The van der Waals surface area contributed by atoms with Gasteiger partial charge in [-0.2, -0.15) is 0 Å². The fourth-order valence-electron chi connectivity index (χ4n) is 2.41. The molecule has 8 heteroatoms.